The number of ether oxygens (including phenoxy) is 1. The first kappa shape index (κ1) is 12.3. The van der Waals surface area contributed by atoms with E-state index in [2.05, 4.69) is 21.1 Å². The molecule has 4 nitrogen and oxygen atoms in total. The van der Waals surface area contributed by atoms with Crippen LogP contribution in [0.15, 0.2) is 24.3 Å². The van der Waals surface area contributed by atoms with Crippen LogP contribution in [0, 0.1) is 0 Å². The Kier molecular flexibility index (Phi) is 3.98. The van der Waals surface area contributed by atoms with E-state index in [0.29, 0.717) is 0 Å². The van der Waals surface area contributed by atoms with E-state index in [0.717, 1.165) is 0 Å². The van der Waals surface area contributed by atoms with Crippen molar-refractivity contribution in [1.29, 1.82) is 0 Å². The van der Waals surface area contributed by atoms with Gasteiger partial charge in [0.2, 0.25) is 0 Å². The van der Waals surface area contributed by atoms with Gasteiger partial charge >= 0.3 is 13.3 Å². The van der Waals surface area contributed by atoms with Gasteiger partial charge < -0.3 is 19.0 Å². The van der Waals surface area contributed by atoms with Crippen molar-refractivity contribution in [3.05, 3.63) is 24.3 Å². The van der Waals surface area contributed by atoms with Gasteiger partial charge in [-0.15, -0.1) is 0 Å². The summed E-state index contributed by atoms with van der Waals surface area (Å²) in [5.41, 5.74) is 0. The second-order valence-corrected chi connectivity index (χ2v) is 5.00. The maximum atomic E-state index is 11.9. The van der Waals surface area contributed by atoms with E-state index in [9.17, 15) is 8.78 Å². The van der Waals surface area contributed by atoms with Crippen molar-refractivity contribution in [1.82, 2.24) is 0 Å². The summed E-state index contributed by atoms with van der Waals surface area (Å²) in [5.74, 6) is -0.532. The summed E-state index contributed by atoms with van der Waals surface area (Å²) < 4.78 is 32.4. The van der Waals surface area contributed by atoms with Gasteiger partial charge in [0.15, 0.2) is 11.5 Å². The second kappa shape index (κ2) is 4.85. The second-order valence-electron chi connectivity index (χ2n) is 2.41. The highest BCUT2D eigenvalue weighted by Crippen LogP contribution is 2.42. The van der Waals surface area contributed by atoms with E-state index in [4.69, 9.17) is 9.79 Å². The predicted molar refractivity (Wildman–Crippen MR) is 52.4 cm³/mol. The Bertz CT molecular complexity index is 381. The zero-order valence-electron chi connectivity index (χ0n) is 7.21. The molecule has 0 bridgehead atoms. The average molecular weight is 256 g/mol. The molecule has 0 saturated carbocycles. The molecule has 0 spiro atoms. The van der Waals surface area contributed by atoms with Crippen molar-refractivity contribution in [2.45, 2.75) is 6.61 Å². The van der Waals surface area contributed by atoms with Crippen LogP contribution in [-0.2, 0) is 11.8 Å². The van der Waals surface area contributed by atoms with Gasteiger partial charge in [-0.1, -0.05) is 12.1 Å². The summed E-state index contributed by atoms with van der Waals surface area (Å²) in [4.78, 5) is 17.7. The SMILES string of the molecule is OP(O)(=S)Oc1ccccc1OC(F)F. The number of benzene rings is 1. The van der Waals surface area contributed by atoms with Crippen LogP contribution in [0.1, 0.15) is 0 Å². The summed E-state index contributed by atoms with van der Waals surface area (Å²) in [6.07, 6.45) is 0. The molecule has 1 aromatic rings. The van der Waals surface area contributed by atoms with Crippen molar-refractivity contribution in [2.24, 2.45) is 0 Å². The van der Waals surface area contributed by atoms with Gasteiger partial charge in [0.25, 0.3) is 0 Å². The Morgan fingerprint density at radius 2 is 1.73 bits per heavy atom. The topological polar surface area (TPSA) is 58.9 Å². The van der Waals surface area contributed by atoms with E-state index in [1.54, 1.807) is 0 Å². The molecular weight excluding hydrogens is 249 g/mol. The summed E-state index contributed by atoms with van der Waals surface area (Å²) >= 11 is 4.20. The molecule has 1 rings (SSSR count). The molecule has 0 aliphatic heterocycles. The Balaban J connectivity index is 2.91. The lowest BCUT2D eigenvalue weighted by Gasteiger charge is -2.13. The van der Waals surface area contributed by atoms with E-state index in [1.807, 2.05) is 0 Å². The van der Waals surface area contributed by atoms with E-state index < -0.39 is 13.3 Å². The van der Waals surface area contributed by atoms with Gasteiger partial charge in [0, 0.05) is 11.8 Å². The third-order valence-corrected chi connectivity index (χ3v) is 1.94. The molecule has 0 amide bonds. The summed E-state index contributed by atoms with van der Waals surface area (Å²) in [6.45, 7) is -6.97. The highest BCUT2D eigenvalue weighted by atomic mass is 32.5. The summed E-state index contributed by atoms with van der Waals surface area (Å²) in [7, 11) is 0. The normalized spacial score (nSPS) is 11.5. The van der Waals surface area contributed by atoms with Crippen molar-refractivity contribution in [3.63, 3.8) is 0 Å². The molecule has 0 atom stereocenters. The molecule has 0 heterocycles. The predicted octanol–water partition coefficient (Wildman–Crippen LogP) is 1.88. The van der Waals surface area contributed by atoms with Crippen molar-refractivity contribution >= 4 is 18.5 Å². The molecule has 2 N–H and O–H groups in total. The molecule has 0 aliphatic rings. The third-order valence-electron chi connectivity index (χ3n) is 1.28. The van der Waals surface area contributed by atoms with Crippen LogP contribution in [0.3, 0.4) is 0 Å². The van der Waals surface area contributed by atoms with E-state index in [-0.39, 0.29) is 11.5 Å². The molecule has 0 saturated heterocycles. The maximum absolute atomic E-state index is 11.9. The van der Waals surface area contributed by atoms with Crippen LogP contribution in [0.2, 0.25) is 0 Å². The highest BCUT2D eigenvalue weighted by molar-refractivity contribution is 8.06. The number of rotatable bonds is 4. The Morgan fingerprint density at radius 1 is 1.20 bits per heavy atom. The first-order valence-corrected chi connectivity index (χ1v) is 6.30. The van der Waals surface area contributed by atoms with Crippen molar-refractivity contribution < 1.29 is 27.8 Å². The lowest BCUT2D eigenvalue weighted by molar-refractivity contribution is -0.0508. The maximum Gasteiger partial charge on any atom is 0.387 e. The molecule has 8 heteroatoms. The van der Waals surface area contributed by atoms with E-state index >= 15 is 0 Å². The third kappa shape index (κ3) is 4.53. The van der Waals surface area contributed by atoms with Crippen LogP contribution >= 0.6 is 6.72 Å². The fourth-order valence-electron chi connectivity index (χ4n) is 0.847. The molecule has 0 radical (unpaired) electrons. The Morgan fingerprint density at radius 3 is 2.20 bits per heavy atom. The molecule has 0 aromatic heterocycles. The minimum atomic E-state index is -3.95. The van der Waals surface area contributed by atoms with Gasteiger partial charge in [-0.3, -0.25) is 0 Å². The smallest absolute Gasteiger partial charge is 0.387 e. The van der Waals surface area contributed by atoms with Gasteiger partial charge in [-0.2, -0.15) is 8.78 Å². The number of halogens is 2. The van der Waals surface area contributed by atoms with Crippen LogP contribution < -0.4 is 9.26 Å². The van der Waals surface area contributed by atoms with E-state index in [1.165, 1.54) is 24.3 Å². The number of alkyl halides is 2. The molecule has 0 unspecified atom stereocenters. The molecule has 0 fully saturated rings. The fourth-order valence-corrected chi connectivity index (χ4v) is 1.50. The van der Waals surface area contributed by atoms with Crippen LogP contribution in [0.25, 0.3) is 0 Å². The van der Waals surface area contributed by atoms with Gasteiger partial charge in [0.1, 0.15) is 0 Å². The first-order valence-electron chi connectivity index (χ1n) is 3.67. The lowest BCUT2D eigenvalue weighted by atomic mass is 10.3. The van der Waals surface area contributed by atoms with Crippen molar-refractivity contribution in [2.75, 3.05) is 0 Å². The van der Waals surface area contributed by atoms with Gasteiger partial charge in [-0.25, -0.2) is 0 Å². The Labute approximate surface area is 89.3 Å². The molecular formula is C7H7F2O4PS. The molecule has 1 aromatic carbocycles. The van der Waals surface area contributed by atoms with Gasteiger partial charge in [-0.05, 0) is 12.1 Å². The summed E-state index contributed by atoms with van der Waals surface area (Å²) in [5, 5.41) is 0. The fraction of sp³-hybridized carbons (Fsp3) is 0.143. The monoisotopic (exact) mass is 256 g/mol. The molecule has 0 aliphatic carbocycles. The van der Waals surface area contributed by atoms with Crippen LogP contribution in [0.4, 0.5) is 8.78 Å². The zero-order valence-corrected chi connectivity index (χ0v) is 8.92. The largest absolute Gasteiger partial charge is 0.431 e. The lowest BCUT2D eigenvalue weighted by Crippen LogP contribution is -2.03. The first-order chi connectivity index (χ1) is 6.88. The highest BCUT2D eigenvalue weighted by Gasteiger charge is 2.16. The average Bonchev–Trinajstić information content (AvgIpc) is 2.05. The Hall–Kier alpha value is -0.750. The standard InChI is InChI=1S/C7H7F2O4PS/c8-7(9)12-5-3-1-2-4-6(5)13-14(10,11)15/h1-4,7H,(H2,10,11,15). The van der Waals surface area contributed by atoms with Crippen LogP contribution in [-0.4, -0.2) is 16.4 Å². The zero-order chi connectivity index (χ0) is 11.5. The number of para-hydroxylation sites is 2. The van der Waals surface area contributed by atoms with Crippen LogP contribution in [0.5, 0.6) is 11.5 Å². The van der Waals surface area contributed by atoms with Crippen molar-refractivity contribution in [3.8, 4) is 11.5 Å². The number of hydrogen-bond donors (Lipinski definition) is 2. The minimum absolute atomic E-state index is 0.230. The molecule has 84 valence electrons. The van der Waals surface area contributed by atoms with Gasteiger partial charge in [0.05, 0.1) is 0 Å². The molecule has 15 heavy (non-hydrogen) atoms. The summed E-state index contributed by atoms with van der Waals surface area (Å²) in [6, 6.07) is 5.33. The minimum Gasteiger partial charge on any atom is -0.431 e. The number of hydrogen-bond acceptors (Lipinski definition) is 3. The quantitative estimate of drug-likeness (QED) is 0.805.